The molecule has 0 N–H and O–H groups in total. The van der Waals surface area contributed by atoms with Crippen molar-refractivity contribution in [2.75, 3.05) is 0 Å². The monoisotopic (exact) mass is 224 g/mol. The molecule has 0 aromatic rings. The second kappa shape index (κ2) is 2.98. The van der Waals surface area contributed by atoms with Gasteiger partial charge < -0.3 is 9.47 Å². The molecule has 15 heavy (non-hydrogen) atoms. The van der Waals surface area contributed by atoms with Crippen LogP contribution in [0.1, 0.15) is 20.8 Å². The Labute approximate surface area is 84.8 Å². The molecule has 0 aromatic carbocycles. The van der Waals surface area contributed by atoms with Gasteiger partial charge >= 0.3 is 12.1 Å². The molecule has 1 rings (SSSR count). The molecule has 2 unspecified atom stereocenters. The zero-order valence-corrected chi connectivity index (χ0v) is 8.57. The molecule has 0 spiro atoms. The molecule has 0 saturated carbocycles. The molecule has 1 fully saturated rings. The molecule has 0 bridgehead atoms. The summed E-state index contributed by atoms with van der Waals surface area (Å²) < 4.78 is 46.3. The highest BCUT2D eigenvalue weighted by Crippen LogP contribution is 2.57. The first kappa shape index (κ1) is 12.0. The predicted molar refractivity (Wildman–Crippen MR) is 44.9 cm³/mol. The average molecular weight is 224 g/mol. The Morgan fingerprint density at radius 1 is 1.40 bits per heavy atom. The van der Waals surface area contributed by atoms with Crippen molar-refractivity contribution < 1.29 is 27.4 Å². The van der Waals surface area contributed by atoms with Gasteiger partial charge in [0.1, 0.15) is 0 Å². The van der Waals surface area contributed by atoms with E-state index in [9.17, 15) is 18.0 Å². The van der Waals surface area contributed by atoms with Crippen molar-refractivity contribution in [3.8, 4) is 0 Å². The van der Waals surface area contributed by atoms with Gasteiger partial charge in [0, 0.05) is 12.5 Å². The van der Waals surface area contributed by atoms with Crippen LogP contribution in [0, 0.1) is 0 Å². The first-order chi connectivity index (χ1) is 6.53. The summed E-state index contributed by atoms with van der Waals surface area (Å²) in [5, 5.41) is 0. The van der Waals surface area contributed by atoms with E-state index < -0.39 is 23.5 Å². The number of hydrogen-bond donors (Lipinski definition) is 0. The number of epoxide rings is 1. The Balaban J connectivity index is 2.76. The molecule has 1 saturated heterocycles. The third-order valence-corrected chi connectivity index (χ3v) is 2.40. The van der Waals surface area contributed by atoms with Crippen molar-refractivity contribution >= 4 is 5.97 Å². The minimum absolute atomic E-state index is 0.0243. The van der Waals surface area contributed by atoms with E-state index in [1.54, 1.807) is 0 Å². The smallest absolute Gasteiger partial charge is 0.423 e. The Morgan fingerprint density at radius 2 is 1.87 bits per heavy atom. The van der Waals surface area contributed by atoms with Gasteiger partial charge in [-0.05, 0) is 13.8 Å². The van der Waals surface area contributed by atoms with E-state index in [-0.39, 0.29) is 5.57 Å². The maximum Gasteiger partial charge on any atom is 0.423 e. The standard InChI is InChI=1S/C9H11F3O3/c1-5(2)6(13)14-8(4)7(3,15-8)9(10,11)12/h1H2,2-4H3. The molecule has 1 aliphatic heterocycles. The zero-order chi connectivity index (χ0) is 12.1. The molecule has 2 atom stereocenters. The van der Waals surface area contributed by atoms with Gasteiger partial charge in [-0.2, -0.15) is 13.2 Å². The SMILES string of the molecule is C=C(C)C(=O)OC1(C)OC1(C)C(F)(F)F. The summed E-state index contributed by atoms with van der Waals surface area (Å²) in [5.41, 5.74) is -2.40. The van der Waals surface area contributed by atoms with E-state index in [1.165, 1.54) is 6.92 Å². The van der Waals surface area contributed by atoms with E-state index in [0.29, 0.717) is 0 Å². The molecule has 86 valence electrons. The summed E-state index contributed by atoms with van der Waals surface area (Å²) in [4.78, 5) is 11.0. The molecule has 1 heterocycles. The lowest BCUT2D eigenvalue weighted by Gasteiger charge is -2.15. The molecule has 0 amide bonds. The summed E-state index contributed by atoms with van der Waals surface area (Å²) in [7, 11) is 0. The number of alkyl halides is 3. The highest BCUT2D eigenvalue weighted by Gasteiger charge is 2.81. The van der Waals surface area contributed by atoms with E-state index in [4.69, 9.17) is 0 Å². The van der Waals surface area contributed by atoms with Gasteiger partial charge in [-0.15, -0.1) is 0 Å². The van der Waals surface area contributed by atoms with Crippen molar-refractivity contribution in [1.82, 2.24) is 0 Å². The minimum atomic E-state index is -4.57. The number of ether oxygens (including phenoxy) is 2. The first-order valence-corrected chi connectivity index (χ1v) is 4.19. The predicted octanol–water partition coefficient (Wildman–Crippen LogP) is 2.17. The third-order valence-electron chi connectivity index (χ3n) is 2.40. The van der Waals surface area contributed by atoms with Gasteiger partial charge in [-0.1, -0.05) is 6.58 Å². The fraction of sp³-hybridized carbons (Fsp3) is 0.667. The average Bonchev–Trinajstić information content (AvgIpc) is 2.53. The first-order valence-electron chi connectivity index (χ1n) is 4.19. The van der Waals surface area contributed by atoms with Crippen LogP contribution >= 0.6 is 0 Å². The van der Waals surface area contributed by atoms with Crippen molar-refractivity contribution in [3.05, 3.63) is 12.2 Å². The van der Waals surface area contributed by atoms with E-state index in [0.717, 1.165) is 13.8 Å². The number of halogens is 3. The van der Waals surface area contributed by atoms with Gasteiger partial charge in [0.25, 0.3) is 5.79 Å². The molecular weight excluding hydrogens is 213 g/mol. The highest BCUT2D eigenvalue weighted by atomic mass is 19.4. The summed E-state index contributed by atoms with van der Waals surface area (Å²) in [6.45, 7) is 6.51. The summed E-state index contributed by atoms with van der Waals surface area (Å²) >= 11 is 0. The molecule has 0 aliphatic carbocycles. The number of esters is 1. The third kappa shape index (κ3) is 1.73. The molecule has 1 aliphatic rings. The molecule has 3 nitrogen and oxygen atoms in total. The topological polar surface area (TPSA) is 38.8 Å². The van der Waals surface area contributed by atoms with Crippen molar-refractivity contribution in [2.24, 2.45) is 0 Å². The highest BCUT2D eigenvalue weighted by molar-refractivity contribution is 5.87. The van der Waals surface area contributed by atoms with Gasteiger partial charge in [-0.3, -0.25) is 0 Å². The van der Waals surface area contributed by atoms with Crippen molar-refractivity contribution in [1.29, 1.82) is 0 Å². The summed E-state index contributed by atoms with van der Waals surface area (Å²) in [6.07, 6.45) is -4.57. The van der Waals surface area contributed by atoms with Crippen LogP contribution in [0.4, 0.5) is 13.2 Å². The number of hydrogen-bond acceptors (Lipinski definition) is 3. The van der Waals surface area contributed by atoms with Crippen LogP contribution in [-0.4, -0.2) is 23.5 Å². The van der Waals surface area contributed by atoms with Crippen LogP contribution in [0.3, 0.4) is 0 Å². The Bertz CT molecular complexity index is 323. The van der Waals surface area contributed by atoms with E-state index in [2.05, 4.69) is 16.1 Å². The fourth-order valence-corrected chi connectivity index (χ4v) is 1.06. The van der Waals surface area contributed by atoms with Gasteiger partial charge in [-0.25, -0.2) is 4.79 Å². The lowest BCUT2D eigenvalue weighted by molar-refractivity contribution is -0.184. The Hall–Kier alpha value is -1.04. The quantitative estimate of drug-likeness (QED) is 0.410. The summed E-state index contributed by atoms with van der Waals surface area (Å²) in [5.74, 6) is -2.84. The maximum absolute atomic E-state index is 12.4. The van der Waals surface area contributed by atoms with Crippen molar-refractivity contribution in [2.45, 2.75) is 38.3 Å². The largest absolute Gasteiger partial charge is 0.426 e. The summed E-state index contributed by atoms with van der Waals surface area (Å²) in [6, 6.07) is 0. The number of carbonyl (C=O) groups is 1. The lowest BCUT2D eigenvalue weighted by atomic mass is 10.1. The van der Waals surface area contributed by atoms with E-state index in [1.807, 2.05) is 0 Å². The number of rotatable bonds is 2. The van der Waals surface area contributed by atoms with Crippen LogP contribution in [0.5, 0.6) is 0 Å². The van der Waals surface area contributed by atoms with Crippen LogP contribution in [0.2, 0.25) is 0 Å². The Morgan fingerprint density at radius 3 is 2.13 bits per heavy atom. The minimum Gasteiger partial charge on any atom is -0.426 e. The molecule has 6 heteroatoms. The fourth-order valence-electron chi connectivity index (χ4n) is 1.06. The lowest BCUT2D eigenvalue weighted by Crippen LogP contribution is -2.38. The molecule has 0 radical (unpaired) electrons. The van der Waals surface area contributed by atoms with Gasteiger partial charge in [0.05, 0.1) is 0 Å². The van der Waals surface area contributed by atoms with Gasteiger partial charge in [0.2, 0.25) is 5.60 Å². The van der Waals surface area contributed by atoms with E-state index >= 15 is 0 Å². The molecular formula is C9H11F3O3. The van der Waals surface area contributed by atoms with Crippen LogP contribution in [-0.2, 0) is 14.3 Å². The van der Waals surface area contributed by atoms with Gasteiger partial charge in [0.15, 0.2) is 0 Å². The van der Waals surface area contributed by atoms with Crippen LogP contribution < -0.4 is 0 Å². The second-order valence-electron chi connectivity index (χ2n) is 3.75. The molecule has 0 aromatic heterocycles. The zero-order valence-electron chi connectivity index (χ0n) is 8.57. The number of carbonyl (C=O) groups excluding carboxylic acids is 1. The second-order valence-corrected chi connectivity index (χ2v) is 3.75. The van der Waals surface area contributed by atoms with Crippen LogP contribution in [0.25, 0.3) is 0 Å². The normalized spacial score (nSPS) is 34.8. The Kier molecular flexibility index (Phi) is 2.39. The maximum atomic E-state index is 12.4. The van der Waals surface area contributed by atoms with Crippen molar-refractivity contribution in [3.63, 3.8) is 0 Å². The van der Waals surface area contributed by atoms with Crippen LogP contribution in [0.15, 0.2) is 12.2 Å².